The summed E-state index contributed by atoms with van der Waals surface area (Å²) in [5.41, 5.74) is 8.59. The molecule has 3 N–H and O–H groups in total. The van der Waals surface area contributed by atoms with E-state index in [0.29, 0.717) is 11.7 Å². The van der Waals surface area contributed by atoms with E-state index in [9.17, 15) is 4.79 Å². The Morgan fingerprint density at radius 3 is 2.62 bits per heavy atom. The molecule has 2 aromatic rings. The SMILES string of the molecule is CCc1nc(NC(=O)CN2C[C@@H](N)[C@H](c3ccccc3)C2)sc1C.Cl.Cl. The molecule has 1 aliphatic heterocycles. The zero-order valence-corrected chi connectivity index (χ0v) is 17.4. The lowest BCUT2D eigenvalue weighted by atomic mass is 9.95. The highest BCUT2D eigenvalue weighted by Crippen LogP contribution is 2.26. The molecule has 3 rings (SSSR count). The number of hydrogen-bond acceptors (Lipinski definition) is 5. The van der Waals surface area contributed by atoms with Crippen LogP contribution in [0, 0.1) is 6.92 Å². The Balaban J connectivity index is 0.00000169. The van der Waals surface area contributed by atoms with Gasteiger partial charge in [-0.05, 0) is 18.9 Å². The summed E-state index contributed by atoms with van der Waals surface area (Å²) < 4.78 is 0. The molecule has 1 aliphatic rings. The van der Waals surface area contributed by atoms with Crippen LogP contribution in [-0.2, 0) is 11.2 Å². The van der Waals surface area contributed by atoms with Crippen LogP contribution in [0.5, 0.6) is 0 Å². The lowest BCUT2D eigenvalue weighted by molar-refractivity contribution is -0.117. The van der Waals surface area contributed by atoms with E-state index in [1.54, 1.807) is 0 Å². The van der Waals surface area contributed by atoms with E-state index in [1.165, 1.54) is 21.8 Å². The molecule has 2 atom stereocenters. The molecule has 8 heteroatoms. The zero-order valence-electron chi connectivity index (χ0n) is 15.0. The van der Waals surface area contributed by atoms with Gasteiger partial charge in [-0.3, -0.25) is 9.69 Å². The lowest BCUT2D eigenvalue weighted by Crippen LogP contribution is -2.33. The maximum absolute atomic E-state index is 12.3. The minimum Gasteiger partial charge on any atom is -0.326 e. The molecule has 5 nitrogen and oxygen atoms in total. The van der Waals surface area contributed by atoms with Crippen LogP contribution < -0.4 is 11.1 Å². The second-order valence-electron chi connectivity index (χ2n) is 6.30. The van der Waals surface area contributed by atoms with Crippen molar-refractivity contribution in [3.05, 3.63) is 46.5 Å². The number of aromatic nitrogens is 1. The predicted octanol–water partition coefficient (Wildman–Crippen LogP) is 3.22. The van der Waals surface area contributed by atoms with Crippen LogP contribution in [-0.4, -0.2) is 41.5 Å². The number of hydrogen-bond donors (Lipinski definition) is 2. The maximum Gasteiger partial charge on any atom is 0.240 e. The van der Waals surface area contributed by atoms with Crippen molar-refractivity contribution in [3.63, 3.8) is 0 Å². The first kappa shape index (κ1) is 22.9. The molecule has 1 saturated heterocycles. The molecule has 0 radical (unpaired) electrons. The number of nitrogens with zero attached hydrogens (tertiary/aromatic N) is 2. The Morgan fingerprint density at radius 2 is 2.00 bits per heavy atom. The molecule has 144 valence electrons. The summed E-state index contributed by atoms with van der Waals surface area (Å²) in [5, 5.41) is 3.61. The summed E-state index contributed by atoms with van der Waals surface area (Å²) in [6.45, 7) is 6.02. The van der Waals surface area contributed by atoms with Crippen molar-refractivity contribution in [1.29, 1.82) is 0 Å². The van der Waals surface area contributed by atoms with Gasteiger partial charge in [0.25, 0.3) is 0 Å². The Labute approximate surface area is 171 Å². The fourth-order valence-corrected chi connectivity index (χ4v) is 4.19. The molecular formula is C18H26Cl2N4OS. The number of rotatable bonds is 5. The number of nitrogens with one attached hydrogen (secondary N) is 1. The highest BCUT2D eigenvalue weighted by atomic mass is 35.5. The van der Waals surface area contributed by atoms with Gasteiger partial charge in [0.1, 0.15) is 0 Å². The molecule has 1 aromatic carbocycles. The van der Waals surface area contributed by atoms with E-state index >= 15 is 0 Å². The molecule has 2 heterocycles. The molecule has 0 spiro atoms. The van der Waals surface area contributed by atoms with Crippen LogP contribution in [0.4, 0.5) is 5.13 Å². The topological polar surface area (TPSA) is 71.2 Å². The number of halogens is 2. The molecule has 1 aromatic heterocycles. The molecule has 1 fully saturated rings. The van der Waals surface area contributed by atoms with Crippen molar-refractivity contribution >= 4 is 47.2 Å². The first-order chi connectivity index (χ1) is 11.6. The van der Waals surface area contributed by atoms with Gasteiger partial charge < -0.3 is 11.1 Å². The van der Waals surface area contributed by atoms with Crippen molar-refractivity contribution in [2.24, 2.45) is 5.73 Å². The third-order valence-electron chi connectivity index (χ3n) is 4.51. The quantitative estimate of drug-likeness (QED) is 0.784. The first-order valence-electron chi connectivity index (χ1n) is 8.36. The Hall–Kier alpha value is -1.18. The van der Waals surface area contributed by atoms with E-state index in [0.717, 1.165) is 25.2 Å². The van der Waals surface area contributed by atoms with E-state index in [2.05, 4.69) is 34.3 Å². The van der Waals surface area contributed by atoms with E-state index in [1.807, 2.05) is 25.1 Å². The molecular weight excluding hydrogens is 391 g/mol. The normalized spacial score (nSPS) is 19.5. The number of carbonyl (C=O) groups is 1. The Morgan fingerprint density at radius 1 is 1.31 bits per heavy atom. The smallest absolute Gasteiger partial charge is 0.240 e. The van der Waals surface area contributed by atoms with Crippen LogP contribution in [0.15, 0.2) is 30.3 Å². The van der Waals surface area contributed by atoms with Crippen LogP contribution in [0.3, 0.4) is 0 Å². The average molecular weight is 417 g/mol. The highest BCUT2D eigenvalue weighted by Gasteiger charge is 2.32. The minimum atomic E-state index is -0.0210. The van der Waals surface area contributed by atoms with Crippen molar-refractivity contribution in [2.75, 3.05) is 25.0 Å². The van der Waals surface area contributed by atoms with E-state index in [-0.39, 0.29) is 42.7 Å². The van der Waals surface area contributed by atoms with Gasteiger partial charge >= 0.3 is 0 Å². The van der Waals surface area contributed by atoms with Gasteiger partial charge in [-0.1, -0.05) is 37.3 Å². The van der Waals surface area contributed by atoms with Crippen molar-refractivity contribution in [3.8, 4) is 0 Å². The van der Waals surface area contributed by atoms with E-state index in [4.69, 9.17) is 5.73 Å². The van der Waals surface area contributed by atoms with Crippen LogP contribution in [0.25, 0.3) is 0 Å². The summed E-state index contributed by atoms with van der Waals surface area (Å²) in [6, 6.07) is 10.4. The van der Waals surface area contributed by atoms with Gasteiger partial charge in [0.15, 0.2) is 5.13 Å². The average Bonchev–Trinajstić information content (AvgIpc) is 3.10. The summed E-state index contributed by atoms with van der Waals surface area (Å²) >= 11 is 1.54. The largest absolute Gasteiger partial charge is 0.326 e. The standard InChI is InChI=1S/C18H24N4OS.2ClH/c1-3-16-12(2)24-18(20-16)21-17(23)11-22-9-14(15(19)10-22)13-7-5-4-6-8-13;;/h4-8,14-15H,3,9-11,19H2,1-2H3,(H,20,21,23);2*1H/t14-,15+;;/m0../s1. The van der Waals surface area contributed by atoms with Gasteiger partial charge in [0.2, 0.25) is 5.91 Å². The van der Waals surface area contributed by atoms with Gasteiger partial charge in [-0.15, -0.1) is 36.2 Å². The number of amides is 1. The predicted molar refractivity (Wildman–Crippen MR) is 113 cm³/mol. The minimum absolute atomic E-state index is 0. The fraction of sp³-hybridized carbons (Fsp3) is 0.444. The zero-order chi connectivity index (χ0) is 17.1. The third kappa shape index (κ3) is 5.41. The Kier molecular flexibility index (Phi) is 9.00. The summed E-state index contributed by atoms with van der Waals surface area (Å²) in [7, 11) is 0. The van der Waals surface area contributed by atoms with Crippen molar-refractivity contribution < 1.29 is 4.79 Å². The third-order valence-corrected chi connectivity index (χ3v) is 5.44. The first-order valence-corrected chi connectivity index (χ1v) is 9.17. The van der Waals surface area contributed by atoms with Crippen molar-refractivity contribution in [2.45, 2.75) is 32.2 Å². The number of anilines is 1. The van der Waals surface area contributed by atoms with Crippen LogP contribution >= 0.6 is 36.2 Å². The molecule has 0 aliphatic carbocycles. The van der Waals surface area contributed by atoms with E-state index < -0.39 is 0 Å². The molecule has 0 saturated carbocycles. The second kappa shape index (κ2) is 10.2. The number of aryl methyl sites for hydroxylation is 2. The van der Waals surface area contributed by atoms with Crippen molar-refractivity contribution in [1.82, 2.24) is 9.88 Å². The number of carbonyl (C=O) groups excluding carboxylic acids is 1. The molecule has 26 heavy (non-hydrogen) atoms. The lowest BCUT2D eigenvalue weighted by Gasteiger charge is -2.15. The monoisotopic (exact) mass is 416 g/mol. The summed E-state index contributed by atoms with van der Waals surface area (Å²) in [6.07, 6.45) is 0.887. The number of nitrogens with two attached hydrogens (primary N) is 1. The molecule has 0 unspecified atom stereocenters. The Bertz CT molecular complexity index is 710. The summed E-state index contributed by atoms with van der Waals surface area (Å²) in [5.74, 6) is 0.264. The fourth-order valence-electron chi connectivity index (χ4n) is 3.27. The second-order valence-corrected chi connectivity index (χ2v) is 7.50. The number of thiazole rings is 1. The van der Waals surface area contributed by atoms with Crippen LogP contribution in [0.1, 0.15) is 29.0 Å². The number of likely N-dealkylation sites (tertiary alicyclic amines) is 1. The van der Waals surface area contributed by atoms with Crippen LogP contribution in [0.2, 0.25) is 0 Å². The molecule has 1 amide bonds. The van der Waals surface area contributed by atoms with Gasteiger partial charge in [0, 0.05) is 29.9 Å². The highest BCUT2D eigenvalue weighted by molar-refractivity contribution is 7.15. The van der Waals surface area contributed by atoms with Gasteiger partial charge in [-0.2, -0.15) is 0 Å². The van der Waals surface area contributed by atoms with Gasteiger partial charge in [0.05, 0.1) is 12.2 Å². The maximum atomic E-state index is 12.3. The summed E-state index contributed by atoms with van der Waals surface area (Å²) in [4.78, 5) is 20.1. The number of benzene rings is 1. The van der Waals surface area contributed by atoms with Gasteiger partial charge in [-0.25, -0.2) is 4.98 Å². The molecule has 0 bridgehead atoms.